The molecule has 0 unspecified atom stereocenters. The Morgan fingerprint density at radius 2 is 2.19 bits per heavy atom. The number of aryl methyl sites for hydroxylation is 2. The number of benzene rings is 1. The molecule has 114 valence electrons. The molecule has 0 atom stereocenters. The molecule has 0 spiro atoms. The fourth-order valence-electron chi connectivity index (χ4n) is 2.03. The third-order valence-electron chi connectivity index (χ3n) is 2.96. The van der Waals surface area contributed by atoms with Crippen molar-refractivity contribution >= 4 is 17.3 Å². The number of alkyl halides is 2. The molecule has 0 aliphatic carbocycles. The molecule has 2 aromatic rings. The summed E-state index contributed by atoms with van der Waals surface area (Å²) < 4.78 is 30.4. The number of anilines is 1. The molecule has 1 aromatic heterocycles. The topological polar surface area (TPSA) is 39.1 Å². The molecule has 0 amide bonds. The fraction of sp³-hybridized carbons (Fsp3) is 0.357. The summed E-state index contributed by atoms with van der Waals surface area (Å²) >= 11 is 5.90. The van der Waals surface area contributed by atoms with Gasteiger partial charge in [0.15, 0.2) is 0 Å². The third-order valence-corrected chi connectivity index (χ3v) is 3.25. The van der Waals surface area contributed by atoms with E-state index in [2.05, 4.69) is 15.2 Å². The maximum absolute atomic E-state index is 12.2. The fourth-order valence-corrected chi connectivity index (χ4v) is 2.25. The highest BCUT2D eigenvalue weighted by Gasteiger charge is 2.10. The first-order valence-electron chi connectivity index (χ1n) is 6.49. The highest BCUT2D eigenvalue weighted by atomic mass is 35.5. The number of aromatic nitrogens is 2. The lowest BCUT2D eigenvalue weighted by molar-refractivity contribution is -0.0497. The monoisotopic (exact) mass is 315 g/mol. The molecule has 0 radical (unpaired) electrons. The Bertz CT molecular complexity index is 616. The van der Waals surface area contributed by atoms with E-state index in [0.29, 0.717) is 6.54 Å². The van der Waals surface area contributed by atoms with E-state index in [0.717, 1.165) is 23.4 Å². The van der Waals surface area contributed by atoms with Gasteiger partial charge in [0.1, 0.15) is 5.75 Å². The predicted octanol–water partition coefficient (Wildman–Crippen LogP) is 3.85. The van der Waals surface area contributed by atoms with Crippen LogP contribution in [0.2, 0.25) is 5.02 Å². The molecule has 0 bridgehead atoms. The summed E-state index contributed by atoms with van der Waals surface area (Å²) in [4.78, 5) is 0. The van der Waals surface area contributed by atoms with Gasteiger partial charge in [-0.1, -0.05) is 18.5 Å². The van der Waals surface area contributed by atoms with Crippen LogP contribution in [0.1, 0.15) is 18.2 Å². The van der Waals surface area contributed by atoms with E-state index in [4.69, 9.17) is 11.6 Å². The van der Waals surface area contributed by atoms with Crippen molar-refractivity contribution < 1.29 is 13.5 Å². The minimum absolute atomic E-state index is 0.0344. The van der Waals surface area contributed by atoms with Gasteiger partial charge in [-0.25, -0.2) is 0 Å². The van der Waals surface area contributed by atoms with Gasteiger partial charge in [0.2, 0.25) is 0 Å². The van der Waals surface area contributed by atoms with Crippen molar-refractivity contribution in [2.75, 3.05) is 5.32 Å². The van der Waals surface area contributed by atoms with Crippen LogP contribution in [-0.2, 0) is 20.0 Å². The summed E-state index contributed by atoms with van der Waals surface area (Å²) in [6.45, 7) is -0.259. The Hall–Kier alpha value is -1.82. The number of hydrogen-bond donors (Lipinski definition) is 1. The summed E-state index contributed by atoms with van der Waals surface area (Å²) in [7, 11) is 1.87. The number of nitrogens with zero attached hydrogens (tertiary/aromatic N) is 2. The van der Waals surface area contributed by atoms with Crippen LogP contribution in [0.25, 0.3) is 0 Å². The lowest BCUT2D eigenvalue weighted by Crippen LogP contribution is -2.04. The minimum atomic E-state index is -2.89. The van der Waals surface area contributed by atoms with Crippen LogP contribution in [-0.4, -0.2) is 16.4 Å². The van der Waals surface area contributed by atoms with E-state index in [1.807, 2.05) is 20.2 Å². The Morgan fingerprint density at radius 3 is 2.81 bits per heavy atom. The molecule has 1 heterocycles. The molecular formula is C14H16ClF2N3O. The van der Waals surface area contributed by atoms with E-state index < -0.39 is 6.61 Å². The first kappa shape index (κ1) is 15.6. The molecule has 0 aliphatic rings. The van der Waals surface area contributed by atoms with Gasteiger partial charge in [-0.15, -0.1) is 0 Å². The predicted molar refractivity (Wildman–Crippen MR) is 78.0 cm³/mol. The average molecular weight is 316 g/mol. The van der Waals surface area contributed by atoms with Gasteiger partial charge in [0.25, 0.3) is 0 Å². The Morgan fingerprint density at radius 1 is 1.43 bits per heavy atom. The first-order chi connectivity index (χ1) is 9.99. The quantitative estimate of drug-likeness (QED) is 0.880. The minimum Gasteiger partial charge on any atom is -0.433 e. The normalized spacial score (nSPS) is 11.0. The van der Waals surface area contributed by atoms with Crippen molar-refractivity contribution in [3.63, 3.8) is 0 Å². The van der Waals surface area contributed by atoms with Crippen LogP contribution in [0, 0.1) is 0 Å². The number of rotatable bonds is 6. The standard InChI is InChI=1S/C14H16ClF2N3O/c1-3-12-9(8-20(2)19-12)7-18-10-4-5-13(11(15)6-10)21-14(16)17/h4-6,8,14,18H,3,7H2,1-2H3. The average Bonchev–Trinajstić information content (AvgIpc) is 2.79. The van der Waals surface area contributed by atoms with E-state index >= 15 is 0 Å². The van der Waals surface area contributed by atoms with Gasteiger partial charge in [0.05, 0.1) is 10.7 Å². The molecular weight excluding hydrogens is 300 g/mol. The van der Waals surface area contributed by atoms with Crippen LogP contribution in [0.3, 0.4) is 0 Å². The van der Waals surface area contributed by atoms with Crippen molar-refractivity contribution in [2.24, 2.45) is 7.05 Å². The van der Waals surface area contributed by atoms with E-state index in [1.165, 1.54) is 6.07 Å². The van der Waals surface area contributed by atoms with Crippen molar-refractivity contribution in [3.8, 4) is 5.75 Å². The zero-order valence-electron chi connectivity index (χ0n) is 11.7. The van der Waals surface area contributed by atoms with Crippen LogP contribution in [0.4, 0.5) is 14.5 Å². The van der Waals surface area contributed by atoms with E-state index in [-0.39, 0.29) is 10.8 Å². The second-order valence-electron chi connectivity index (χ2n) is 4.51. The third kappa shape index (κ3) is 4.07. The highest BCUT2D eigenvalue weighted by molar-refractivity contribution is 6.32. The van der Waals surface area contributed by atoms with Crippen molar-refractivity contribution in [2.45, 2.75) is 26.5 Å². The van der Waals surface area contributed by atoms with Crippen LogP contribution in [0.5, 0.6) is 5.75 Å². The second-order valence-corrected chi connectivity index (χ2v) is 4.91. The molecule has 7 heteroatoms. The van der Waals surface area contributed by atoms with Gasteiger partial charge in [0, 0.05) is 31.0 Å². The molecule has 21 heavy (non-hydrogen) atoms. The van der Waals surface area contributed by atoms with Gasteiger partial charge in [-0.3, -0.25) is 4.68 Å². The summed E-state index contributed by atoms with van der Waals surface area (Å²) in [6.07, 6.45) is 2.79. The van der Waals surface area contributed by atoms with E-state index in [1.54, 1.807) is 16.8 Å². The Labute approximate surface area is 126 Å². The van der Waals surface area contributed by atoms with Crippen LogP contribution < -0.4 is 10.1 Å². The molecule has 1 aromatic carbocycles. The number of hydrogen-bond acceptors (Lipinski definition) is 3. The van der Waals surface area contributed by atoms with Crippen LogP contribution in [0.15, 0.2) is 24.4 Å². The smallest absolute Gasteiger partial charge is 0.387 e. The van der Waals surface area contributed by atoms with Crippen molar-refractivity contribution in [3.05, 3.63) is 40.7 Å². The zero-order chi connectivity index (χ0) is 15.4. The largest absolute Gasteiger partial charge is 0.433 e. The molecule has 2 rings (SSSR count). The maximum Gasteiger partial charge on any atom is 0.387 e. The lowest BCUT2D eigenvalue weighted by Gasteiger charge is -2.10. The van der Waals surface area contributed by atoms with Crippen LogP contribution >= 0.6 is 11.6 Å². The number of halogens is 3. The SMILES string of the molecule is CCc1nn(C)cc1CNc1ccc(OC(F)F)c(Cl)c1. The molecule has 0 aliphatic heterocycles. The van der Waals surface area contributed by atoms with E-state index in [9.17, 15) is 8.78 Å². The molecule has 0 fully saturated rings. The summed E-state index contributed by atoms with van der Waals surface area (Å²) in [5.41, 5.74) is 2.84. The Kier molecular flexibility index (Phi) is 5.01. The molecule has 0 saturated heterocycles. The van der Waals surface area contributed by atoms with Crippen molar-refractivity contribution in [1.29, 1.82) is 0 Å². The maximum atomic E-state index is 12.2. The Balaban J connectivity index is 2.05. The second kappa shape index (κ2) is 6.76. The first-order valence-corrected chi connectivity index (χ1v) is 6.87. The number of ether oxygens (including phenoxy) is 1. The number of nitrogens with one attached hydrogen (secondary N) is 1. The molecule has 1 N–H and O–H groups in total. The van der Waals surface area contributed by atoms with Gasteiger partial charge >= 0.3 is 6.61 Å². The van der Waals surface area contributed by atoms with Crippen molar-refractivity contribution in [1.82, 2.24) is 9.78 Å². The summed E-state index contributed by atoms with van der Waals surface area (Å²) in [5, 5.41) is 7.68. The molecule has 4 nitrogen and oxygen atoms in total. The summed E-state index contributed by atoms with van der Waals surface area (Å²) in [6, 6.07) is 4.62. The highest BCUT2D eigenvalue weighted by Crippen LogP contribution is 2.29. The van der Waals surface area contributed by atoms with Gasteiger partial charge < -0.3 is 10.1 Å². The molecule has 0 saturated carbocycles. The zero-order valence-corrected chi connectivity index (χ0v) is 12.5. The summed E-state index contributed by atoms with van der Waals surface area (Å²) in [5.74, 6) is -0.0344. The van der Waals surface area contributed by atoms with Gasteiger partial charge in [-0.2, -0.15) is 13.9 Å². The van der Waals surface area contributed by atoms with Gasteiger partial charge in [-0.05, 0) is 24.6 Å². The lowest BCUT2D eigenvalue weighted by atomic mass is 10.2.